The molecule has 0 radical (unpaired) electrons. The quantitative estimate of drug-likeness (QED) is 0.363. The molecule has 0 unspecified atom stereocenters. The van der Waals surface area contributed by atoms with Gasteiger partial charge in [0.25, 0.3) is 5.56 Å². The molecule has 3 aromatic carbocycles. The summed E-state index contributed by atoms with van der Waals surface area (Å²) in [6, 6.07) is 23.4. The molecule has 0 atom stereocenters. The molecule has 0 saturated carbocycles. The topological polar surface area (TPSA) is 65.6 Å². The molecule has 0 amide bonds. The van der Waals surface area contributed by atoms with Gasteiger partial charge in [0, 0.05) is 11.4 Å². The van der Waals surface area contributed by atoms with Gasteiger partial charge in [-0.3, -0.25) is 13.9 Å². The van der Waals surface area contributed by atoms with Crippen molar-refractivity contribution in [2.45, 2.75) is 17.5 Å². The Bertz CT molecular complexity index is 1430. The molecule has 0 N–H and O–H groups in total. The van der Waals surface area contributed by atoms with E-state index in [4.69, 9.17) is 0 Å². The maximum absolute atomic E-state index is 13.2. The monoisotopic (exact) mass is 443 g/mol. The molecule has 8 heteroatoms. The van der Waals surface area contributed by atoms with E-state index in [0.29, 0.717) is 27.6 Å². The molecule has 32 heavy (non-hydrogen) atoms. The van der Waals surface area contributed by atoms with Crippen molar-refractivity contribution < 1.29 is 4.39 Å². The molecule has 2 heterocycles. The van der Waals surface area contributed by atoms with E-state index in [1.54, 1.807) is 29.1 Å². The molecule has 0 saturated heterocycles. The van der Waals surface area contributed by atoms with Gasteiger partial charge >= 0.3 is 0 Å². The molecule has 0 aliphatic heterocycles. The highest BCUT2D eigenvalue weighted by Gasteiger charge is 2.16. The Morgan fingerprint density at radius 1 is 0.875 bits per heavy atom. The van der Waals surface area contributed by atoms with Crippen molar-refractivity contribution in [2.75, 3.05) is 0 Å². The molecule has 6 nitrogen and oxygen atoms in total. The lowest BCUT2D eigenvalue weighted by Crippen LogP contribution is -2.22. The fraction of sp³-hybridized carbons (Fsp3) is 0.0833. The first-order chi connectivity index (χ1) is 15.7. The third-order valence-electron chi connectivity index (χ3n) is 5.04. The fourth-order valence-corrected chi connectivity index (χ4v) is 4.36. The Kier molecular flexibility index (Phi) is 5.51. The SMILES string of the molecule is O=c1c2ccccc2ncn1Cc1nnc(SCc2ccc(F)cc2)n1-c1ccccc1. The second kappa shape index (κ2) is 8.76. The van der Waals surface area contributed by atoms with E-state index in [1.165, 1.54) is 23.9 Å². The third kappa shape index (κ3) is 4.04. The van der Waals surface area contributed by atoms with Gasteiger partial charge in [-0.2, -0.15) is 0 Å². The number of aromatic nitrogens is 5. The number of nitrogens with zero attached hydrogens (tertiary/aromatic N) is 5. The van der Waals surface area contributed by atoms with E-state index in [9.17, 15) is 9.18 Å². The highest BCUT2D eigenvalue weighted by molar-refractivity contribution is 7.98. The Labute approximate surface area is 187 Å². The summed E-state index contributed by atoms with van der Waals surface area (Å²) in [6.45, 7) is 0.232. The molecule has 5 rings (SSSR count). The lowest BCUT2D eigenvalue weighted by molar-refractivity contribution is 0.627. The molecule has 2 aromatic heterocycles. The molecule has 5 aromatic rings. The molecular formula is C24H18FN5OS. The van der Waals surface area contributed by atoms with Gasteiger partial charge in [0.05, 0.1) is 23.8 Å². The summed E-state index contributed by atoms with van der Waals surface area (Å²) in [6.07, 6.45) is 1.54. The Morgan fingerprint density at radius 2 is 1.62 bits per heavy atom. The summed E-state index contributed by atoms with van der Waals surface area (Å²) in [4.78, 5) is 17.4. The molecule has 0 spiro atoms. The first-order valence-electron chi connectivity index (χ1n) is 10.0. The lowest BCUT2D eigenvalue weighted by atomic mass is 10.2. The highest BCUT2D eigenvalue weighted by Crippen LogP contribution is 2.25. The average Bonchev–Trinajstić information content (AvgIpc) is 3.23. The van der Waals surface area contributed by atoms with Gasteiger partial charge in [-0.1, -0.05) is 54.2 Å². The van der Waals surface area contributed by atoms with E-state index in [-0.39, 0.29) is 17.9 Å². The van der Waals surface area contributed by atoms with Crippen LogP contribution in [-0.4, -0.2) is 24.3 Å². The van der Waals surface area contributed by atoms with Gasteiger partial charge in [-0.05, 0) is 42.0 Å². The number of benzene rings is 3. The van der Waals surface area contributed by atoms with Gasteiger partial charge in [0.1, 0.15) is 5.82 Å². The van der Waals surface area contributed by atoms with Crippen LogP contribution in [-0.2, 0) is 12.3 Å². The minimum absolute atomic E-state index is 0.126. The van der Waals surface area contributed by atoms with Gasteiger partial charge in [0.2, 0.25) is 0 Å². The fourth-order valence-electron chi connectivity index (χ4n) is 3.43. The summed E-state index contributed by atoms with van der Waals surface area (Å²) < 4.78 is 16.7. The second-order valence-corrected chi connectivity index (χ2v) is 8.12. The third-order valence-corrected chi connectivity index (χ3v) is 6.04. The number of hydrogen-bond acceptors (Lipinski definition) is 5. The van der Waals surface area contributed by atoms with Gasteiger partial charge in [0.15, 0.2) is 11.0 Å². The molecule has 0 fully saturated rings. The van der Waals surface area contributed by atoms with Crippen LogP contribution in [0.15, 0.2) is 95.1 Å². The number of halogens is 1. The van der Waals surface area contributed by atoms with Crippen LogP contribution < -0.4 is 5.56 Å². The normalized spacial score (nSPS) is 11.2. The first-order valence-corrected chi connectivity index (χ1v) is 11.0. The van der Waals surface area contributed by atoms with E-state index in [2.05, 4.69) is 15.2 Å². The molecule has 0 aliphatic carbocycles. The Morgan fingerprint density at radius 3 is 2.44 bits per heavy atom. The van der Waals surface area contributed by atoms with E-state index < -0.39 is 0 Å². The molecule has 0 aliphatic rings. The minimum Gasteiger partial charge on any atom is -0.291 e. The summed E-state index contributed by atoms with van der Waals surface area (Å²) in [7, 11) is 0. The van der Waals surface area contributed by atoms with E-state index in [1.807, 2.05) is 53.1 Å². The van der Waals surface area contributed by atoms with Crippen LogP contribution in [0.5, 0.6) is 0 Å². The van der Waals surface area contributed by atoms with Crippen LogP contribution in [0.2, 0.25) is 0 Å². The maximum Gasteiger partial charge on any atom is 0.261 e. The predicted octanol–water partition coefficient (Wildman–Crippen LogP) is 4.46. The highest BCUT2D eigenvalue weighted by atomic mass is 32.2. The number of rotatable bonds is 6. The average molecular weight is 444 g/mol. The second-order valence-electron chi connectivity index (χ2n) is 7.18. The summed E-state index contributed by atoms with van der Waals surface area (Å²) >= 11 is 1.50. The summed E-state index contributed by atoms with van der Waals surface area (Å²) in [5, 5.41) is 10.0. The minimum atomic E-state index is -0.261. The number of thioether (sulfide) groups is 1. The van der Waals surface area contributed by atoms with Crippen LogP contribution in [0.3, 0.4) is 0 Å². The van der Waals surface area contributed by atoms with Crippen molar-refractivity contribution in [3.05, 3.63) is 113 Å². The predicted molar refractivity (Wildman–Crippen MR) is 122 cm³/mol. The standard InChI is InChI=1S/C24H18FN5OS/c25-18-12-10-17(11-13-18)15-32-24-28-27-22(30(24)19-6-2-1-3-7-19)14-29-16-26-21-9-5-4-8-20(21)23(29)31/h1-13,16H,14-15H2. The van der Waals surface area contributed by atoms with Crippen LogP contribution in [0.1, 0.15) is 11.4 Å². The van der Waals surface area contributed by atoms with Gasteiger partial charge in [-0.25, -0.2) is 9.37 Å². The van der Waals surface area contributed by atoms with Crippen LogP contribution in [0, 0.1) is 5.82 Å². The Hall–Kier alpha value is -3.78. The maximum atomic E-state index is 13.2. The number of para-hydroxylation sites is 2. The van der Waals surface area contributed by atoms with Crippen LogP contribution in [0.25, 0.3) is 16.6 Å². The van der Waals surface area contributed by atoms with Crippen LogP contribution >= 0.6 is 11.8 Å². The smallest absolute Gasteiger partial charge is 0.261 e. The molecule has 158 valence electrons. The van der Waals surface area contributed by atoms with Gasteiger partial charge in [-0.15, -0.1) is 10.2 Å². The zero-order valence-electron chi connectivity index (χ0n) is 16.9. The largest absolute Gasteiger partial charge is 0.291 e. The van der Waals surface area contributed by atoms with Crippen molar-refractivity contribution in [1.29, 1.82) is 0 Å². The zero-order chi connectivity index (χ0) is 21.9. The zero-order valence-corrected chi connectivity index (χ0v) is 17.7. The van der Waals surface area contributed by atoms with Gasteiger partial charge < -0.3 is 0 Å². The van der Waals surface area contributed by atoms with Crippen LogP contribution in [0.4, 0.5) is 4.39 Å². The Balaban J connectivity index is 1.50. The van der Waals surface area contributed by atoms with Crippen molar-refractivity contribution in [3.63, 3.8) is 0 Å². The molecular weight excluding hydrogens is 425 g/mol. The first kappa shape index (κ1) is 20.1. The summed E-state index contributed by atoms with van der Waals surface area (Å²) in [5.74, 6) is 0.975. The summed E-state index contributed by atoms with van der Waals surface area (Å²) in [5.41, 5.74) is 2.42. The number of fused-ring (bicyclic) bond motifs is 1. The number of hydrogen-bond donors (Lipinski definition) is 0. The van der Waals surface area contributed by atoms with Crippen molar-refractivity contribution >= 4 is 22.7 Å². The van der Waals surface area contributed by atoms with E-state index in [0.717, 1.165) is 11.3 Å². The van der Waals surface area contributed by atoms with Crippen molar-refractivity contribution in [2.24, 2.45) is 0 Å². The molecule has 0 bridgehead atoms. The van der Waals surface area contributed by atoms with Crippen molar-refractivity contribution in [3.8, 4) is 5.69 Å². The van der Waals surface area contributed by atoms with Crippen molar-refractivity contribution in [1.82, 2.24) is 24.3 Å². The lowest BCUT2D eigenvalue weighted by Gasteiger charge is -2.11. The van der Waals surface area contributed by atoms with E-state index >= 15 is 0 Å².